The maximum absolute atomic E-state index is 12.9. The Morgan fingerprint density at radius 3 is 2.29 bits per heavy atom. The number of aromatic nitrogens is 3. The summed E-state index contributed by atoms with van der Waals surface area (Å²) in [4.78, 5) is 61.7. The first-order valence-corrected chi connectivity index (χ1v) is 17.4. The number of amides is 2. The van der Waals surface area contributed by atoms with E-state index in [1.807, 2.05) is 30.3 Å². The second-order valence-corrected chi connectivity index (χ2v) is 13.0. The van der Waals surface area contributed by atoms with Gasteiger partial charge in [0.1, 0.15) is 11.8 Å². The van der Waals surface area contributed by atoms with Gasteiger partial charge in [0.2, 0.25) is 17.7 Å². The van der Waals surface area contributed by atoms with Crippen LogP contribution in [0.5, 0.6) is 11.8 Å². The van der Waals surface area contributed by atoms with Gasteiger partial charge in [0.05, 0.1) is 12.6 Å². The molecule has 0 spiro atoms. The number of ketones is 1. The minimum atomic E-state index is -4.64. The lowest BCUT2D eigenvalue weighted by atomic mass is 10.1. The van der Waals surface area contributed by atoms with Crippen molar-refractivity contribution < 1.29 is 46.9 Å². The topological polar surface area (TPSA) is 194 Å². The van der Waals surface area contributed by atoms with E-state index in [1.54, 1.807) is 25.3 Å². The first kappa shape index (κ1) is 40.2. The predicted octanol–water partition coefficient (Wildman–Crippen LogP) is 5.60. The van der Waals surface area contributed by atoms with Gasteiger partial charge < -0.3 is 35.8 Å². The SMILES string of the molecule is COc1ccccc1CCCC(=O)C(=O)NCC[C@H](NC(=O)c1ccc(Nc2nc(NC3(c4ccc(Cl)cc4)CC3)nc(OCC(F)(F)F)n2)cc1)C(=O)O. The highest BCUT2D eigenvalue weighted by molar-refractivity contribution is 6.36. The van der Waals surface area contributed by atoms with E-state index in [0.717, 1.165) is 11.1 Å². The number of carboxylic acids is 1. The Kier molecular flexibility index (Phi) is 13.1. The maximum Gasteiger partial charge on any atom is 0.422 e. The molecule has 0 bridgehead atoms. The molecule has 5 N–H and O–H groups in total. The largest absolute Gasteiger partial charge is 0.496 e. The summed E-state index contributed by atoms with van der Waals surface area (Å²) >= 11 is 6.02. The van der Waals surface area contributed by atoms with Crippen molar-refractivity contribution in [3.63, 3.8) is 0 Å². The molecule has 290 valence electrons. The number of aliphatic carboxylic acids is 1. The molecule has 1 aliphatic carbocycles. The summed E-state index contributed by atoms with van der Waals surface area (Å²) in [6.07, 6.45) is -2.52. The number of nitrogens with one attached hydrogen (secondary N) is 4. The molecule has 5 rings (SSSR count). The lowest BCUT2D eigenvalue weighted by molar-refractivity contribution is -0.154. The van der Waals surface area contributed by atoms with Gasteiger partial charge in [-0.05, 0) is 85.7 Å². The van der Waals surface area contributed by atoms with E-state index in [9.17, 15) is 37.5 Å². The third-order valence-electron chi connectivity index (χ3n) is 8.50. The number of nitrogens with zero attached hydrogens (tertiary/aromatic N) is 3. The minimum absolute atomic E-state index is 0.0167. The number of ether oxygens (including phenoxy) is 2. The molecule has 1 saturated carbocycles. The highest BCUT2D eigenvalue weighted by atomic mass is 35.5. The van der Waals surface area contributed by atoms with Crippen LogP contribution in [0.3, 0.4) is 0 Å². The fourth-order valence-electron chi connectivity index (χ4n) is 5.50. The Labute approximate surface area is 318 Å². The summed E-state index contributed by atoms with van der Waals surface area (Å²) in [6, 6.07) is 18.1. The van der Waals surface area contributed by atoms with Crippen LogP contribution in [0.2, 0.25) is 5.02 Å². The number of aryl methyl sites for hydroxylation is 1. The van der Waals surface area contributed by atoms with E-state index in [1.165, 1.54) is 24.3 Å². The van der Waals surface area contributed by atoms with E-state index in [-0.39, 0.29) is 36.8 Å². The number of carboxylic acid groups (broad SMARTS) is 1. The fourth-order valence-corrected chi connectivity index (χ4v) is 5.62. The van der Waals surface area contributed by atoms with Crippen LogP contribution in [0.4, 0.5) is 30.8 Å². The van der Waals surface area contributed by atoms with Crippen molar-refractivity contribution in [3.8, 4) is 11.8 Å². The monoisotopic (exact) mass is 783 g/mol. The molecule has 2 amide bonds. The molecule has 3 aromatic carbocycles. The van der Waals surface area contributed by atoms with Crippen LogP contribution in [0.15, 0.2) is 72.8 Å². The number of hydrogen-bond donors (Lipinski definition) is 5. The number of benzene rings is 3. The molecule has 1 aliphatic rings. The number of carbonyl (C=O) groups is 4. The summed E-state index contributed by atoms with van der Waals surface area (Å²) in [5.74, 6) is -3.10. The summed E-state index contributed by atoms with van der Waals surface area (Å²) in [6.45, 7) is -1.81. The van der Waals surface area contributed by atoms with E-state index >= 15 is 0 Å². The molecule has 1 heterocycles. The molecule has 1 fully saturated rings. The van der Waals surface area contributed by atoms with Crippen LogP contribution >= 0.6 is 11.6 Å². The van der Waals surface area contributed by atoms with E-state index < -0.39 is 53.9 Å². The van der Waals surface area contributed by atoms with Crippen molar-refractivity contribution in [1.82, 2.24) is 25.6 Å². The molecule has 18 heteroatoms. The van der Waals surface area contributed by atoms with Gasteiger partial charge in [0.15, 0.2) is 6.61 Å². The van der Waals surface area contributed by atoms with Crippen molar-refractivity contribution in [3.05, 3.63) is 94.5 Å². The smallest absolute Gasteiger partial charge is 0.422 e. The molecule has 0 unspecified atom stereocenters. The average molecular weight is 784 g/mol. The van der Waals surface area contributed by atoms with Crippen LogP contribution in [-0.4, -0.2) is 76.1 Å². The van der Waals surface area contributed by atoms with Crippen LogP contribution in [0.1, 0.15) is 53.6 Å². The van der Waals surface area contributed by atoms with Gasteiger partial charge in [-0.15, -0.1) is 0 Å². The standard InChI is InChI=1S/C37H37ClF3N7O7/c1-54-29-8-3-2-5-22(29)6-4-7-28(49)31(51)42-20-17-27(32(52)53)44-30(50)23-9-15-26(16-10-23)43-33-45-34(47-35(46-33)55-21-37(39,40)41)48-36(18-19-36)24-11-13-25(38)14-12-24/h2-3,5,8-16,27H,4,6-7,17-21H2,1H3,(H,42,51)(H,44,50)(H,52,53)(H2,43,45,46,47,48)/t27-/m0/s1. The molecule has 55 heavy (non-hydrogen) atoms. The van der Waals surface area contributed by atoms with Crippen molar-refractivity contribution in [2.75, 3.05) is 30.9 Å². The summed E-state index contributed by atoms with van der Waals surface area (Å²) < 4.78 is 48.9. The molecule has 0 aliphatic heterocycles. The summed E-state index contributed by atoms with van der Waals surface area (Å²) in [5.41, 5.74) is 1.64. The van der Waals surface area contributed by atoms with Gasteiger partial charge in [-0.3, -0.25) is 14.4 Å². The van der Waals surface area contributed by atoms with Gasteiger partial charge >= 0.3 is 18.2 Å². The van der Waals surface area contributed by atoms with Crippen molar-refractivity contribution >= 4 is 52.8 Å². The highest BCUT2D eigenvalue weighted by Gasteiger charge is 2.45. The average Bonchev–Trinajstić information content (AvgIpc) is 3.93. The van der Waals surface area contributed by atoms with Crippen LogP contribution in [-0.2, 0) is 26.3 Å². The number of hydrogen-bond acceptors (Lipinski definition) is 11. The highest BCUT2D eigenvalue weighted by Crippen LogP contribution is 2.48. The number of anilines is 3. The zero-order valence-electron chi connectivity index (χ0n) is 29.4. The quantitative estimate of drug-likeness (QED) is 0.0741. The second-order valence-electron chi connectivity index (χ2n) is 12.6. The van der Waals surface area contributed by atoms with Crippen LogP contribution in [0.25, 0.3) is 0 Å². The van der Waals surface area contributed by atoms with Gasteiger partial charge in [0.25, 0.3) is 11.8 Å². The first-order chi connectivity index (χ1) is 26.2. The maximum atomic E-state index is 12.9. The normalized spacial score (nSPS) is 13.5. The zero-order chi connectivity index (χ0) is 39.6. The molecule has 14 nitrogen and oxygen atoms in total. The number of para-hydroxylation sites is 1. The Morgan fingerprint density at radius 1 is 0.945 bits per heavy atom. The number of rotatable bonds is 19. The zero-order valence-corrected chi connectivity index (χ0v) is 30.2. The lowest BCUT2D eigenvalue weighted by Gasteiger charge is -2.19. The van der Waals surface area contributed by atoms with Gasteiger partial charge in [-0.1, -0.05) is 41.9 Å². The second kappa shape index (κ2) is 17.9. The van der Waals surface area contributed by atoms with E-state index in [2.05, 4.69) is 36.2 Å². The number of carbonyl (C=O) groups excluding carboxylic acids is 3. The summed E-state index contributed by atoms with van der Waals surface area (Å²) in [5, 5.41) is 21.0. The number of Topliss-reactive ketones (excluding diaryl/α,β-unsaturated/α-hetero) is 1. The van der Waals surface area contributed by atoms with Crippen molar-refractivity contribution in [2.45, 2.75) is 56.3 Å². The van der Waals surface area contributed by atoms with E-state index in [4.69, 9.17) is 21.1 Å². The molecule has 0 saturated heterocycles. The lowest BCUT2D eigenvalue weighted by Crippen LogP contribution is -2.43. The first-order valence-electron chi connectivity index (χ1n) is 17.1. The molecular formula is C37H37ClF3N7O7. The number of methoxy groups -OCH3 is 1. The van der Waals surface area contributed by atoms with Gasteiger partial charge in [-0.25, -0.2) is 4.79 Å². The molecular weight excluding hydrogens is 747 g/mol. The Bertz CT molecular complexity index is 2000. The fraction of sp³-hybridized carbons (Fsp3) is 0.324. The van der Waals surface area contributed by atoms with Gasteiger partial charge in [0, 0.05) is 29.2 Å². The predicted molar refractivity (Wildman–Crippen MR) is 195 cm³/mol. The van der Waals surface area contributed by atoms with Crippen molar-refractivity contribution in [1.29, 1.82) is 0 Å². The molecule has 1 atom stereocenters. The molecule has 0 radical (unpaired) electrons. The molecule has 1 aromatic heterocycles. The third-order valence-corrected chi connectivity index (χ3v) is 8.75. The Morgan fingerprint density at radius 2 is 1.64 bits per heavy atom. The number of halogens is 4. The van der Waals surface area contributed by atoms with Gasteiger partial charge in [-0.2, -0.15) is 28.1 Å². The van der Waals surface area contributed by atoms with Crippen LogP contribution < -0.4 is 30.7 Å². The van der Waals surface area contributed by atoms with Crippen LogP contribution in [0, 0.1) is 0 Å². The van der Waals surface area contributed by atoms with E-state index in [0.29, 0.717) is 42.1 Å². The molecule has 4 aromatic rings. The number of alkyl halides is 3. The van der Waals surface area contributed by atoms with Crippen molar-refractivity contribution in [2.24, 2.45) is 0 Å². The summed E-state index contributed by atoms with van der Waals surface area (Å²) in [7, 11) is 1.54. The minimum Gasteiger partial charge on any atom is -0.496 e. The third kappa shape index (κ3) is 11.8. The Hall–Kier alpha value is -5.97. The Balaban J connectivity index is 1.15.